The third-order valence-electron chi connectivity index (χ3n) is 3.51. The van der Waals surface area contributed by atoms with Gasteiger partial charge in [0.15, 0.2) is 6.61 Å². The van der Waals surface area contributed by atoms with Gasteiger partial charge in [0.25, 0.3) is 5.91 Å². The molecule has 5 nitrogen and oxygen atoms in total. The Morgan fingerprint density at radius 1 is 1.38 bits per heavy atom. The van der Waals surface area contributed by atoms with Crippen molar-refractivity contribution in [1.29, 1.82) is 0 Å². The van der Waals surface area contributed by atoms with E-state index in [-0.39, 0.29) is 31.1 Å². The second kappa shape index (κ2) is 7.31. The maximum absolute atomic E-state index is 11.8. The molecule has 0 aromatic heterocycles. The quantitative estimate of drug-likeness (QED) is 0.765. The standard InChI is InChI=1S/C14H17Cl2NO4/c15-9-1-2-13(11(16)4-9)21-7-14(20)17-10-3-8(6-18)12(19)5-10/h1-2,4,8,10,12,18-19H,3,5-7H2,(H,17,20)/t8-,10+,12+/m1/s1. The largest absolute Gasteiger partial charge is 0.482 e. The van der Waals surface area contributed by atoms with Gasteiger partial charge in [0.05, 0.1) is 11.1 Å². The highest BCUT2D eigenvalue weighted by Crippen LogP contribution is 2.28. The van der Waals surface area contributed by atoms with E-state index in [1.807, 2.05) is 0 Å². The zero-order valence-electron chi connectivity index (χ0n) is 11.3. The molecule has 1 saturated carbocycles. The van der Waals surface area contributed by atoms with Crippen LogP contribution in [-0.4, -0.2) is 41.5 Å². The molecule has 1 aliphatic carbocycles. The summed E-state index contributed by atoms with van der Waals surface area (Å²) in [4.78, 5) is 11.8. The topological polar surface area (TPSA) is 78.8 Å². The second-order valence-electron chi connectivity index (χ2n) is 5.11. The van der Waals surface area contributed by atoms with Crippen molar-refractivity contribution in [2.24, 2.45) is 5.92 Å². The van der Waals surface area contributed by atoms with Gasteiger partial charge in [-0.2, -0.15) is 0 Å². The lowest BCUT2D eigenvalue weighted by molar-refractivity contribution is -0.123. The van der Waals surface area contributed by atoms with E-state index in [4.69, 9.17) is 33.0 Å². The van der Waals surface area contributed by atoms with E-state index in [0.29, 0.717) is 28.6 Å². The smallest absolute Gasteiger partial charge is 0.258 e. The summed E-state index contributed by atoms with van der Waals surface area (Å²) in [6.07, 6.45) is 0.427. The highest BCUT2D eigenvalue weighted by atomic mass is 35.5. The lowest BCUT2D eigenvalue weighted by atomic mass is 10.1. The molecule has 1 amide bonds. The van der Waals surface area contributed by atoms with Gasteiger partial charge in [0.2, 0.25) is 0 Å². The second-order valence-corrected chi connectivity index (χ2v) is 5.95. The molecule has 1 aromatic rings. The van der Waals surface area contributed by atoms with E-state index in [0.717, 1.165) is 0 Å². The minimum atomic E-state index is -0.577. The van der Waals surface area contributed by atoms with Crippen molar-refractivity contribution in [1.82, 2.24) is 5.32 Å². The van der Waals surface area contributed by atoms with Gasteiger partial charge >= 0.3 is 0 Å². The number of amides is 1. The molecular formula is C14H17Cl2NO4. The number of benzene rings is 1. The number of carbonyl (C=O) groups is 1. The highest BCUT2D eigenvalue weighted by molar-refractivity contribution is 6.35. The predicted octanol–water partition coefficient (Wildman–Crippen LogP) is 1.62. The van der Waals surface area contributed by atoms with Crippen molar-refractivity contribution >= 4 is 29.1 Å². The first-order chi connectivity index (χ1) is 9.99. The van der Waals surface area contributed by atoms with Gasteiger partial charge in [-0.1, -0.05) is 23.2 Å². The Bertz CT molecular complexity index is 512. The number of hydrogen-bond acceptors (Lipinski definition) is 4. The molecule has 0 spiro atoms. The molecule has 0 bridgehead atoms. The lowest BCUT2D eigenvalue weighted by Crippen LogP contribution is -2.36. The molecule has 0 heterocycles. The molecule has 21 heavy (non-hydrogen) atoms. The molecular weight excluding hydrogens is 317 g/mol. The Kier molecular flexibility index (Phi) is 5.70. The number of aliphatic hydroxyl groups is 2. The first-order valence-corrected chi connectivity index (χ1v) is 7.41. The summed E-state index contributed by atoms with van der Waals surface area (Å²) in [5.74, 6) is -0.0883. The molecule has 0 radical (unpaired) electrons. The molecule has 2 rings (SSSR count). The van der Waals surface area contributed by atoms with Gasteiger partial charge in [-0.15, -0.1) is 0 Å². The van der Waals surface area contributed by atoms with Crippen LogP contribution in [0.15, 0.2) is 18.2 Å². The maximum atomic E-state index is 11.8. The van der Waals surface area contributed by atoms with Crippen molar-refractivity contribution in [3.8, 4) is 5.75 Å². The average molecular weight is 334 g/mol. The fraction of sp³-hybridized carbons (Fsp3) is 0.500. The molecule has 3 atom stereocenters. The number of nitrogens with one attached hydrogen (secondary N) is 1. The lowest BCUT2D eigenvalue weighted by Gasteiger charge is -2.13. The summed E-state index contributed by atoms with van der Waals surface area (Å²) in [7, 11) is 0. The molecule has 7 heteroatoms. The van der Waals surface area contributed by atoms with Crippen LogP contribution in [0.1, 0.15) is 12.8 Å². The summed E-state index contributed by atoms with van der Waals surface area (Å²) in [6.45, 7) is -0.248. The van der Waals surface area contributed by atoms with Gasteiger partial charge in [0, 0.05) is 23.6 Å². The van der Waals surface area contributed by atoms with Crippen LogP contribution >= 0.6 is 23.2 Å². The SMILES string of the molecule is O=C(COc1ccc(Cl)cc1Cl)N[C@H]1C[C@H](CO)[C@@H](O)C1. The van der Waals surface area contributed by atoms with E-state index in [1.54, 1.807) is 12.1 Å². The van der Waals surface area contributed by atoms with Crippen LogP contribution < -0.4 is 10.1 Å². The van der Waals surface area contributed by atoms with Crippen LogP contribution in [0, 0.1) is 5.92 Å². The number of rotatable bonds is 5. The Morgan fingerprint density at radius 2 is 2.14 bits per heavy atom. The van der Waals surface area contributed by atoms with Gasteiger partial charge in [-0.3, -0.25) is 4.79 Å². The van der Waals surface area contributed by atoms with Crippen molar-refractivity contribution in [2.45, 2.75) is 25.0 Å². The molecule has 116 valence electrons. The predicted molar refractivity (Wildman–Crippen MR) is 79.7 cm³/mol. The summed E-state index contributed by atoms with van der Waals surface area (Å²) >= 11 is 11.7. The van der Waals surface area contributed by atoms with E-state index < -0.39 is 6.10 Å². The molecule has 1 aromatic carbocycles. The summed E-state index contributed by atoms with van der Waals surface area (Å²) < 4.78 is 5.33. The van der Waals surface area contributed by atoms with Crippen LogP contribution in [-0.2, 0) is 4.79 Å². The minimum Gasteiger partial charge on any atom is -0.482 e. The minimum absolute atomic E-state index is 0.0789. The van der Waals surface area contributed by atoms with Crippen LogP contribution in [0.5, 0.6) is 5.75 Å². The summed E-state index contributed by atoms with van der Waals surface area (Å²) in [5.41, 5.74) is 0. The zero-order valence-corrected chi connectivity index (χ0v) is 12.8. The van der Waals surface area contributed by atoms with Crippen molar-refractivity contribution in [3.63, 3.8) is 0 Å². The van der Waals surface area contributed by atoms with E-state index in [9.17, 15) is 9.90 Å². The van der Waals surface area contributed by atoms with Crippen LogP contribution in [0.3, 0.4) is 0 Å². The maximum Gasteiger partial charge on any atom is 0.258 e. The number of aliphatic hydroxyl groups excluding tert-OH is 2. The molecule has 3 N–H and O–H groups in total. The molecule has 1 fully saturated rings. The fourth-order valence-corrected chi connectivity index (χ4v) is 2.88. The number of hydrogen-bond donors (Lipinski definition) is 3. The average Bonchev–Trinajstić information content (AvgIpc) is 2.77. The number of carbonyl (C=O) groups excluding carboxylic acids is 1. The first-order valence-electron chi connectivity index (χ1n) is 6.65. The molecule has 0 saturated heterocycles. The Labute approximate surface area is 132 Å². The first kappa shape index (κ1) is 16.4. The Morgan fingerprint density at radius 3 is 2.76 bits per heavy atom. The van der Waals surface area contributed by atoms with Gasteiger partial charge < -0.3 is 20.3 Å². The third kappa shape index (κ3) is 4.48. The van der Waals surface area contributed by atoms with Crippen LogP contribution in [0.25, 0.3) is 0 Å². The van der Waals surface area contributed by atoms with E-state index >= 15 is 0 Å². The normalized spacial score (nSPS) is 24.9. The van der Waals surface area contributed by atoms with Crippen molar-refractivity contribution < 1.29 is 19.7 Å². The zero-order chi connectivity index (χ0) is 15.4. The van der Waals surface area contributed by atoms with Crippen LogP contribution in [0.2, 0.25) is 10.0 Å². The molecule has 0 unspecified atom stereocenters. The van der Waals surface area contributed by atoms with E-state index in [2.05, 4.69) is 5.32 Å². The fourth-order valence-electron chi connectivity index (χ4n) is 2.42. The highest BCUT2D eigenvalue weighted by Gasteiger charge is 2.33. The van der Waals surface area contributed by atoms with Gasteiger partial charge in [0.1, 0.15) is 5.75 Å². The number of halogens is 2. The molecule has 1 aliphatic rings. The Balaban J connectivity index is 1.80. The van der Waals surface area contributed by atoms with E-state index in [1.165, 1.54) is 6.07 Å². The summed E-state index contributed by atoms with van der Waals surface area (Å²) in [6, 6.07) is 4.61. The van der Waals surface area contributed by atoms with Crippen molar-refractivity contribution in [3.05, 3.63) is 28.2 Å². The van der Waals surface area contributed by atoms with Crippen molar-refractivity contribution in [2.75, 3.05) is 13.2 Å². The van der Waals surface area contributed by atoms with Gasteiger partial charge in [-0.25, -0.2) is 0 Å². The third-order valence-corrected chi connectivity index (χ3v) is 4.04. The van der Waals surface area contributed by atoms with Crippen LogP contribution in [0.4, 0.5) is 0 Å². The summed E-state index contributed by atoms with van der Waals surface area (Å²) in [5, 5.41) is 22.3. The molecule has 0 aliphatic heterocycles. The number of ether oxygens (including phenoxy) is 1. The Hall–Kier alpha value is -1.01. The monoisotopic (exact) mass is 333 g/mol. The van der Waals surface area contributed by atoms with Gasteiger partial charge in [-0.05, 0) is 31.0 Å².